The van der Waals surface area contributed by atoms with Crippen molar-refractivity contribution in [3.63, 3.8) is 0 Å². The molecular formula is C59H114O6. The van der Waals surface area contributed by atoms with Crippen LogP contribution >= 0.6 is 0 Å². The molecule has 0 heterocycles. The Kier molecular flexibility index (Phi) is 53.7. The van der Waals surface area contributed by atoms with Crippen LogP contribution in [0.25, 0.3) is 0 Å². The number of rotatable bonds is 55. The maximum absolute atomic E-state index is 12.7. The van der Waals surface area contributed by atoms with Crippen molar-refractivity contribution in [1.82, 2.24) is 0 Å². The molecule has 0 radical (unpaired) electrons. The van der Waals surface area contributed by atoms with E-state index in [0.717, 1.165) is 57.8 Å². The summed E-state index contributed by atoms with van der Waals surface area (Å²) in [6.07, 6.45) is 61.3. The van der Waals surface area contributed by atoms with E-state index in [1.54, 1.807) is 0 Å². The van der Waals surface area contributed by atoms with Crippen molar-refractivity contribution in [2.24, 2.45) is 0 Å². The Morgan fingerprint density at radius 1 is 0.246 bits per heavy atom. The molecule has 0 aromatic rings. The first kappa shape index (κ1) is 63.4. The Balaban J connectivity index is 3.97. The van der Waals surface area contributed by atoms with Crippen LogP contribution in [-0.4, -0.2) is 37.2 Å². The summed E-state index contributed by atoms with van der Waals surface area (Å²) in [6.45, 7) is 6.66. The smallest absolute Gasteiger partial charge is 0.306 e. The van der Waals surface area contributed by atoms with Crippen LogP contribution in [0, 0.1) is 0 Å². The van der Waals surface area contributed by atoms with Crippen LogP contribution in [0.1, 0.15) is 342 Å². The normalized spacial score (nSPS) is 11.9. The van der Waals surface area contributed by atoms with Crippen LogP contribution in [0.15, 0.2) is 0 Å². The summed E-state index contributed by atoms with van der Waals surface area (Å²) in [5.41, 5.74) is 0. The molecule has 0 saturated carbocycles. The monoisotopic (exact) mass is 919 g/mol. The molecule has 0 aromatic heterocycles. The van der Waals surface area contributed by atoms with E-state index in [1.807, 2.05) is 0 Å². The number of unbranched alkanes of at least 4 members (excludes halogenated alkanes) is 44. The van der Waals surface area contributed by atoms with Gasteiger partial charge in [0.15, 0.2) is 6.10 Å². The van der Waals surface area contributed by atoms with Gasteiger partial charge in [0.2, 0.25) is 0 Å². The number of carbonyl (C=O) groups is 3. The second kappa shape index (κ2) is 55.0. The molecule has 0 rings (SSSR count). The van der Waals surface area contributed by atoms with Gasteiger partial charge in [0.05, 0.1) is 0 Å². The third-order valence-corrected chi connectivity index (χ3v) is 13.6. The van der Waals surface area contributed by atoms with Gasteiger partial charge in [-0.3, -0.25) is 14.4 Å². The van der Waals surface area contributed by atoms with E-state index in [2.05, 4.69) is 20.8 Å². The lowest BCUT2D eigenvalue weighted by atomic mass is 10.0. The van der Waals surface area contributed by atoms with Crippen molar-refractivity contribution in [3.8, 4) is 0 Å². The lowest BCUT2D eigenvalue weighted by Gasteiger charge is -2.18. The average molecular weight is 920 g/mol. The molecule has 0 amide bonds. The number of esters is 3. The molecule has 0 aliphatic rings. The Hall–Kier alpha value is -1.59. The molecule has 6 heteroatoms. The number of hydrogen-bond donors (Lipinski definition) is 0. The van der Waals surface area contributed by atoms with Gasteiger partial charge in [-0.2, -0.15) is 0 Å². The molecule has 0 aromatic carbocycles. The van der Waals surface area contributed by atoms with Gasteiger partial charge in [-0.1, -0.05) is 303 Å². The number of hydrogen-bond acceptors (Lipinski definition) is 6. The minimum Gasteiger partial charge on any atom is -0.462 e. The van der Waals surface area contributed by atoms with Gasteiger partial charge in [-0.25, -0.2) is 0 Å². The summed E-state index contributed by atoms with van der Waals surface area (Å²) >= 11 is 0. The molecule has 1 atom stereocenters. The molecule has 0 aliphatic heterocycles. The summed E-state index contributed by atoms with van der Waals surface area (Å²) in [4.78, 5) is 37.9. The predicted octanol–water partition coefficient (Wildman–Crippen LogP) is 19.5. The molecule has 0 bridgehead atoms. The SMILES string of the molecule is CCCCCCCCCCCCCCCCCCCCCCCCCCCCCCC(=O)OCC(COC(=O)CCCCCCCCCCC)OC(=O)CCCCCCCCCCCC. The van der Waals surface area contributed by atoms with E-state index in [4.69, 9.17) is 14.2 Å². The first-order valence-electron chi connectivity index (χ1n) is 29.5. The third kappa shape index (κ3) is 53.2. The lowest BCUT2D eigenvalue weighted by Crippen LogP contribution is -2.30. The molecule has 1 unspecified atom stereocenters. The second-order valence-electron chi connectivity index (χ2n) is 20.3. The lowest BCUT2D eigenvalue weighted by molar-refractivity contribution is -0.167. The van der Waals surface area contributed by atoms with Crippen LogP contribution in [0.2, 0.25) is 0 Å². The minimum atomic E-state index is -0.759. The maximum Gasteiger partial charge on any atom is 0.306 e. The highest BCUT2D eigenvalue weighted by Crippen LogP contribution is 2.18. The second-order valence-corrected chi connectivity index (χ2v) is 20.3. The van der Waals surface area contributed by atoms with Crippen LogP contribution in [0.3, 0.4) is 0 Å². The molecule has 386 valence electrons. The summed E-state index contributed by atoms with van der Waals surface area (Å²) in [7, 11) is 0. The topological polar surface area (TPSA) is 78.9 Å². The maximum atomic E-state index is 12.7. The van der Waals surface area contributed by atoms with E-state index in [9.17, 15) is 14.4 Å². The molecule has 0 saturated heterocycles. The molecular weight excluding hydrogens is 805 g/mol. The van der Waals surface area contributed by atoms with E-state index in [1.165, 1.54) is 244 Å². The Labute approximate surface area is 406 Å². The van der Waals surface area contributed by atoms with Gasteiger partial charge in [0, 0.05) is 19.3 Å². The zero-order chi connectivity index (χ0) is 47.2. The fraction of sp³-hybridized carbons (Fsp3) is 0.949. The van der Waals surface area contributed by atoms with Crippen molar-refractivity contribution in [2.75, 3.05) is 13.2 Å². The summed E-state index contributed by atoms with van der Waals surface area (Å²) in [5, 5.41) is 0. The Morgan fingerprint density at radius 2 is 0.415 bits per heavy atom. The van der Waals surface area contributed by atoms with Crippen LogP contribution in [0.4, 0.5) is 0 Å². The molecule has 6 nitrogen and oxygen atoms in total. The number of carbonyl (C=O) groups excluding carboxylic acids is 3. The van der Waals surface area contributed by atoms with Gasteiger partial charge in [-0.15, -0.1) is 0 Å². The van der Waals surface area contributed by atoms with Crippen molar-refractivity contribution >= 4 is 17.9 Å². The van der Waals surface area contributed by atoms with E-state index >= 15 is 0 Å². The van der Waals surface area contributed by atoms with Gasteiger partial charge >= 0.3 is 17.9 Å². The highest BCUT2D eigenvalue weighted by atomic mass is 16.6. The zero-order valence-electron chi connectivity index (χ0n) is 44.3. The summed E-state index contributed by atoms with van der Waals surface area (Å²) in [5.74, 6) is -0.844. The van der Waals surface area contributed by atoms with Gasteiger partial charge in [-0.05, 0) is 19.3 Å². The van der Waals surface area contributed by atoms with Crippen LogP contribution in [0.5, 0.6) is 0 Å². The quantitative estimate of drug-likeness (QED) is 0.0344. The van der Waals surface area contributed by atoms with E-state index < -0.39 is 6.10 Å². The van der Waals surface area contributed by atoms with Gasteiger partial charge in [0.25, 0.3) is 0 Å². The summed E-state index contributed by atoms with van der Waals surface area (Å²) in [6, 6.07) is 0. The molecule has 0 spiro atoms. The molecule has 65 heavy (non-hydrogen) atoms. The van der Waals surface area contributed by atoms with Gasteiger partial charge in [0.1, 0.15) is 13.2 Å². The highest BCUT2D eigenvalue weighted by molar-refractivity contribution is 5.71. The van der Waals surface area contributed by atoms with Crippen LogP contribution in [-0.2, 0) is 28.6 Å². The third-order valence-electron chi connectivity index (χ3n) is 13.6. The molecule has 0 aliphatic carbocycles. The van der Waals surface area contributed by atoms with Crippen molar-refractivity contribution < 1.29 is 28.6 Å². The fourth-order valence-electron chi connectivity index (χ4n) is 9.15. The average Bonchev–Trinajstić information content (AvgIpc) is 3.30. The van der Waals surface area contributed by atoms with Gasteiger partial charge < -0.3 is 14.2 Å². The minimum absolute atomic E-state index is 0.0621. The number of ether oxygens (including phenoxy) is 3. The summed E-state index contributed by atoms with van der Waals surface area (Å²) < 4.78 is 16.8. The standard InChI is InChI=1S/C59H114O6/c1-4-7-10-13-16-19-21-22-23-24-25-26-27-28-29-30-31-32-33-34-35-36-37-38-41-43-46-49-52-58(61)64-55-56(54-63-57(60)51-48-45-42-39-18-15-12-9-6-3)65-59(62)53-50-47-44-40-20-17-14-11-8-5-2/h56H,4-55H2,1-3H3. The van der Waals surface area contributed by atoms with Crippen molar-refractivity contribution in [3.05, 3.63) is 0 Å². The Bertz CT molecular complexity index is 967. The van der Waals surface area contributed by atoms with Crippen molar-refractivity contribution in [2.45, 2.75) is 348 Å². The highest BCUT2D eigenvalue weighted by Gasteiger charge is 2.19. The predicted molar refractivity (Wildman–Crippen MR) is 280 cm³/mol. The van der Waals surface area contributed by atoms with Crippen LogP contribution < -0.4 is 0 Å². The zero-order valence-corrected chi connectivity index (χ0v) is 44.3. The Morgan fingerprint density at radius 3 is 0.615 bits per heavy atom. The fourth-order valence-corrected chi connectivity index (χ4v) is 9.15. The first-order chi connectivity index (χ1) is 32.0. The van der Waals surface area contributed by atoms with E-state index in [0.29, 0.717) is 19.3 Å². The van der Waals surface area contributed by atoms with Crippen molar-refractivity contribution in [1.29, 1.82) is 0 Å². The molecule has 0 fully saturated rings. The van der Waals surface area contributed by atoms with E-state index in [-0.39, 0.29) is 31.1 Å². The largest absolute Gasteiger partial charge is 0.462 e. The molecule has 0 N–H and O–H groups in total. The first-order valence-corrected chi connectivity index (χ1v) is 29.5.